The van der Waals surface area contributed by atoms with Gasteiger partial charge in [-0.05, 0) is 35.7 Å². The molecule has 3 rings (SSSR count). The Kier molecular flexibility index (Phi) is 5.68. The van der Waals surface area contributed by atoms with Crippen LogP contribution < -0.4 is 10.1 Å². The van der Waals surface area contributed by atoms with Crippen molar-refractivity contribution in [2.45, 2.75) is 25.2 Å². The van der Waals surface area contributed by atoms with Gasteiger partial charge in [-0.25, -0.2) is 0 Å². The number of hydrogen-bond acceptors (Lipinski definition) is 3. The van der Waals surface area contributed by atoms with Crippen LogP contribution in [0.3, 0.4) is 0 Å². The number of aliphatic carboxylic acids is 1. The van der Waals surface area contributed by atoms with Gasteiger partial charge in [0.15, 0.2) is 0 Å². The minimum absolute atomic E-state index is 0.0351. The Balaban J connectivity index is 1.76. The van der Waals surface area contributed by atoms with Gasteiger partial charge in [-0.15, -0.1) is 0 Å². The van der Waals surface area contributed by atoms with E-state index >= 15 is 0 Å². The number of methoxy groups -OCH3 is 1. The van der Waals surface area contributed by atoms with E-state index in [2.05, 4.69) is 10.3 Å². The summed E-state index contributed by atoms with van der Waals surface area (Å²) >= 11 is 0. The van der Waals surface area contributed by atoms with Crippen LogP contribution in [-0.4, -0.2) is 35.6 Å². The van der Waals surface area contributed by atoms with E-state index in [0.717, 1.165) is 16.5 Å². The van der Waals surface area contributed by atoms with Crippen LogP contribution in [0.2, 0.25) is 0 Å². The van der Waals surface area contributed by atoms with Crippen LogP contribution in [-0.2, 0) is 21.4 Å². The number of rotatable bonds is 8. The molecule has 1 heterocycles. The highest BCUT2D eigenvalue weighted by Crippen LogP contribution is 2.28. The highest BCUT2D eigenvalue weighted by molar-refractivity contribution is 5.90. The number of aromatic nitrogens is 1. The SMILES string of the molecule is CCC(CNC(=O)Cc1c[nH]c2ccc(OC)cc12)(C(=O)O)c1ccccc1. The van der Waals surface area contributed by atoms with Crippen LogP contribution in [0.4, 0.5) is 0 Å². The molecule has 0 aliphatic rings. The molecule has 146 valence electrons. The normalized spacial score (nSPS) is 13.1. The average Bonchev–Trinajstić information content (AvgIpc) is 3.11. The van der Waals surface area contributed by atoms with Gasteiger partial charge < -0.3 is 20.1 Å². The van der Waals surface area contributed by atoms with E-state index in [1.54, 1.807) is 25.4 Å². The van der Waals surface area contributed by atoms with Gasteiger partial charge in [-0.3, -0.25) is 9.59 Å². The van der Waals surface area contributed by atoms with Gasteiger partial charge in [0.1, 0.15) is 11.2 Å². The maximum atomic E-state index is 12.6. The molecule has 6 nitrogen and oxygen atoms in total. The number of carbonyl (C=O) groups is 2. The van der Waals surface area contributed by atoms with Crippen LogP contribution in [0.1, 0.15) is 24.5 Å². The number of aromatic amines is 1. The summed E-state index contributed by atoms with van der Waals surface area (Å²) in [6, 6.07) is 14.7. The van der Waals surface area contributed by atoms with Gasteiger partial charge in [0.25, 0.3) is 0 Å². The fourth-order valence-electron chi connectivity index (χ4n) is 3.45. The van der Waals surface area contributed by atoms with Gasteiger partial charge in [-0.2, -0.15) is 0 Å². The number of carboxylic acids is 1. The summed E-state index contributed by atoms with van der Waals surface area (Å²) in [6.07, 6.45) is 2.32. The molecule has 1 unspecified atom stereocenters. The first-order valence-corrected chi connectivity index (χ1v) is 9.20. The molecule has 0 bridgehead atoms. The zero-order chi connectivity index (χ0) is 20.1. The topological polar surface area (TPSA) is 91.4 Å². The number of ether oxygens (including phenoxy) is 1. The second-order valence-corrected chi connectivity index (χ2v) is 6.79. The Morgan fingerprint density at radius 1 is 1.18 bits per heavy atom. The van der Waals surface area contributed by atoms with Crippen molar-refractivity contribution in [2.75, 3.05) is 13.7 Å². The highest BCUT2D eigenvalue weighted by atomic mass is 16.5. The van der Waals surface area contributed by atoms with E-state index in [-0.39, 0.29) is 18.9 Å². The first-order valence-electron chi connectivity index (χ1n) is 9.20. The summed E-state index contributed by atoms with van der Waals surface area (Å²) in [5.74, 6) is -0.453. The fourth-order valence-corrected chi connectivity index (χ4v) is 3.45. The maximum Gasteiger partial charge on any atom is 0.315 e. The van der Waals surface area contributed by atoms with Gasteiger partial charge in [-0.1, -0.05) is 37.3 Å². The number of nitrogens with one attached hydrogen (secondary N) is 2. The quantitative estimate of drug-likeness (QED) is 0.559. The molecule has 3 N–H and O–H groups in total. The highest BCUT2D eigenvalue weighted by Gasteiger charge is 2.38. The summed E-state index contributed by atoms with van der Waals surface area (Å²) in [5.41, 5.74) is 1.28. The fraction of sp³-hybridized carbons (Fsp3) is 0.273. The van der Waals surface area contributed by atoms with Crippen molar-refractivity contribution >= 4 is 22.8 Å². The lowest BCUT2D eigenvalue weighted by Crippen LogP contribution is -2.46. The molecule has 28 heavy (non-hydrogen) atoms. The maximum absolute atomic E-state index is 12.6. The van der Waals surface area contributed by atoms with Gasteiger partial charge in [0, 0.05) is 23.6 Å². The molecule has 0 saturated carbocycles. The molecular formula is C22H24N2O4. The lowest BCUT2D eigenvalue weighted by atomic mass is 9.78. The summed E-state index contributed by atoms with van der Waals surface area (Å²) in [6.45, 7) is 1.85. The number of benzene rings is 2. The second-order valence-electron chi connectivity index (χ2n) is 6.79. The first kappa shape index (κ1) is 19.5. The molecule has 0 radical (unpaired) electrons. The van der Waals surface area contributed by atoms with Crippen LogP contribution >= 0.6 is 0 Å². The van der Waals surface area contributed by atoms with Crippen molar-refractivity contribution in [3.8, 4) is 5.75 Å². The van der Waals surface area contributed by atoms with E-state index in [0.29, 0.717) is 17.7 Å². The number of fused-ring (bicyclic) bond motifs is 1. The molecule has 1 aromatic heterocycles. The molecule has 3 aromatic rings. The molecule has 0 spiro atoms. The van der Waals surface area contributed by atoms with Crippen molar-refractivity contribution in [3.05, 3.63) is 65.9 Å². The zero-order valence-electron chi connectivity index (χ0n) is 16.0. The van der Waals surface area contributed by atoms with Gasteiger partial charge in [0.05, 0.1) is 13.5 Å². The average molecular weight is 380 g/mol. The predicted octanol–water partition coefficient (Wildman–Crippen LogP) is 3.27. The Bertz CT molecular complexity index is 981. The van der Waals surface area contributed by atoms with Crippen LogP contribution in [0.25, 0.3) is 10.9 Å². The third kappa shape index (κ3) is 3.71. The monoisotopic (exact) mass is 380 g/mol. The van der Waals surface area contributed by atoms with Crippen molar-refractivity contribution < 1.29 is 19.4 Å². The number of H-pyrrole nitrogens is 1. The minimum Gasteiger partial charge on any atom is -0.497 e. The Morgan fingerprint density at radius 3 is 2.57 bits per heavy atom. The molecule has 0 aliphatic heterocycles. The van der Waals surface area contributed by atoms with Gasteiger partial charge in [0.2, 0.25) is 5.91 Å². The van der Waals surface area contributed by atoms with E-state index in [1.165, 1.54) is 0 Å². The smallest absolute Gasteiger partial charge is 0.315 e. The number of amides is 1. The molecule has 0 saturated heterocycles. The molecule has 2 aromatic carbocycles. The third-order valence-corrected chi connectivity index (χ3v) is 5.25. The summed E-state index contributed by atoms with van der Waals surface area (Å²) < 4.78 is 5.25. The van der Waals surface area contributed by atoms with E-state index in [1.807, 2.05) is 43.3 Å². The Labute approximate surface area is 163 Å². The van der Waals surface area contributed by atoms with Crippen molar-refractivity contribution in [3.63, 3.8) is 0 Å². The standard InChI is InChI=1S/C22H24N2O4/c1-3-22(21(26)27,16-7-5-4-6-8-16)14-24-20(25)11-15-13-23-19-10-9-17(28-2)12-18(15)19/h4-10,12-13,23H,3,11,14H2,1-2H3,(H,24,25)(H,26,27). The molecule has 1 atom stereocenters. The Hall–Kier alpha value is -3.28. The first-order chi connectivity index (χ1) is 13.5. The molecule has 0 aliphatic carbocycles. The summed E-state index contributed by atoms with van der Waals surface area (Å²) in [7, 11) is 1.60. The van der Waals surface area contributed by atoms with Crippen LogP contribution in [0.5, 0.6) is 5.75 Å². The molecular weight excluding hydrogens is 356 g/mol. The number of hydrogen-bond donors (Lipinski definition) is 3. The minimum atomic E-state index is -1.15. The van der Waals surface area contributed by atoms with Crippen molar-refractivity contribution in [2.24, 2.45) is 0 Å². The lowest BCUT2D eigenvalue weighted by molar-refractivity contribution is -0.144. The second kappa shape index (κ2) is 8.17. The molecule has 1 amide bonds. The van der Waals surface area contributed by atoms with E-state index in [4.69, 9.17) is 4.74 Å². The van der Waals surface area contributed by atoms with Crippen LogP contribution in [0, 0.1) is 0 Å². The molecule has 0 fully saturated rings. The Morgan fingerprint density at radius 2 is 1.93 bits per heavy atom. The van der Waals surface area contributed by atoms with Crippen molar-refractivity contribution in [1.82, 2.24) is 10.3 Å². The van der Waals surface area contributed by atoms with Gasteiger partial charge >= 0.3 is 5.97 Å². The van der Waals surface area contributed by atoms with E-state index in [9.17, 15) is 14.7 Å². The summed E-state index contributed by atoms with van der Waals surface area (Å²) in [4.78, 5) is 27.8. The van der Waals surface area contributed by atoms with Crippen molar-refractivity contribution in [1.29, 1.82) is 0 Å². The number of carbonyl (C=O) groups excluding carboxylic acids is 1. The largest absolute Gasteiger partial charge is 0.497 e. The zero-order valence-corrected chi connectivity index (χ0v) is 16.0. The summed E-state index contributed by atoms with van der Waals surface area (Å²) in [5, 5.41) is 13.6. The third-order valence-electron chi connectivity index (χ3n) is 5.25. The number of carboxylic acid groups (broad SMARTS) is 1. The lowest BCUT2D eigenvalue weighted by Gasteiger charge is -2.29. The van der Waals surface area contributed by atoms with E-state index < -0.39 is 11.4 Å². The van der Waals surface area contributed by atoms with Crippen LogP contribution in [0.15, 0.2) is 54.7 Å². The predicted molar refractivity (Wildman–Crippen MR) is 108 cm³/mol. The molecule has 6 heteroatoms.